The molecule has 0 saturated heterocycles. The van der Waals surface area contributed by atoms with Crippen LogP contribution in [0.15, 0.2) is 23.2 Å². The first-order valence-corrected chi connectivity index (χ1v) is 6.95. The number of nitrogens with one attached hydrogen (secondary N) is 1. The van der Waals surface area contributed by atoms with Gasteiger partial charge in [-0.1, -0.05) is 24.9 Å². The number of methoxy groups -OCH3 is 1. The number of halogens is 1. The molecular formula is C14H20ClN3O. The van der Waals surface area contributed by atoms with E-state index in [1.54, 1.807) is 19.2 Å². The number of aliphatic imine (C=N–C) groups is 1. The molecule has 3 N–H and O–H groups in total. The van der Waals surface area contributed by atoms with Crippen LogP contribution >= 0.6 is 11.6 Å². The first-order valence-electron chi connectivity index (χ1n) is 6.58. The van der Waals surface area contributed by atoms with E-state index in [0.717, 1.165) is 12.1 Å². The number of rotatable bonds is 5. The minimum Gasteiger partial charge on any atom is -0.495 e. The number of anilines is 1. The lowest BCUT2D eigenvalue weighted by Gasteiger charge is -2.08. The van der Waals surface area contributed by atoms with Crippen molar-refractivity contribution >= 4 is 23.2 Å². The van der Waals surface area contributed by atoms with E-state index in [2.05, 4.69) is 17.2 Å². The molecule has 1 aliphatic rings. The normalized spacial score (nSPS) is 22.2. The standard InChI is InChI=1S/C14H20ClN3O/c1-3-4-9-7-12(9)18-14(16)17-10-5-6-13(19-2)11(15)8-10/h5-6,8-9,12H,3-4,7H2,1-2H3,(H3,16,17,18). The zero-order valence-electron chi connectivity index (χ0n) is 11.3. The molecule has 0 aromatic heterocycles. The first-order chi connectivity index (χ1) is 9.13. The Morgan fingerprint density at radius 2 is 2.37 bits per heavy atom. The number of hydrogen-bond donors (Lipinski definition) is 2. The molecule has 2 rings (SSSR count). The fourth-order valence-corrected chi connectivity index (χ4v) is 2.43. The Morgan fingerprint density at radius 3 is 3.00 bits per heavy atom. The van der Waals surface area contributed by atoms with Crippen LogP contribution in [-0.2, 0) is 0 Å². The largest absolute Gasteiger partial charge is 0.495 e. The molecule has 19 heavy (non-hydrogen) atoms. The van der Waals surface area contributed by atoms with Crippen molar-refractivity contribution < 1.29 is 4.74 Å². The Labute approximate surface area is 119 Å². The van der Waals surface area contributed by atoms with Gasteiger partial charge in [0, 0.05) is 5.69 Å². The molecule has 1 aliphatic carbocycles. The van der Waals surface area contributed by atoms with Crippen molar-refractivity contribution in [2.45, 2.75) is 32.2 Å². The van der Waals surface area contributed by atoms with E-state index < -0.39 is 0 Å². The van der Waals surface area contributed by atoms with Crippen LogP contribution in [0.3, 0.4) is 0 Å². The molecule has 2 unspecified atom stereocenters. The number of nitrogens with zero attached hydrogens (tertiary/aromatic N) is 1. The summed E-state index contributed by atoms with van der Waals surface area (Å²) in [6.07, 6.45) is 3.59. The van der Waals surface area contributed by atoms with E-state index in [1.165, 1.54) is 12.8 Å². The zero-order chi connectivity index (χ0) is 13.8. The molecule has 1 aromatic carbocycles. The molecule has 4 nitrogen and oxygen atoms in total. The third-order valence-electron chi connectivity index (χ3n) is 3.27. The van der Waals surface area contributed by atoms with Gasteiger partial charge in [0.1, 0.15) is 5.75 Å². The Morgan fingerprint density at radius 1 is 1.58 bits per heavy atom. The highest BCUT2D eigenvalue weighted by atomic mass is 35.5. The van der Waals surface area contributed by atoms with Gasteiger partial charge in [-0.05, 0) is 37.0 Å². The van der Waals surface area contributed by atoms with Gasteiger partial charge < -0.3 is 15.8 Å². The predicted molar refractivity (Wildman–Crippen MR) is 80.1 cm³/mol. The molecule has 1 saturated carbocycles. The predicted octanol–water partition coefficient (Wildman–Crippen LogP) is 3.26. The van der Waals surface area contributed by atoms with Crippen molar-refractivity contribution in [3.63, 3.8) is 0 Å². The number of ether oxygens (including phenoxy) is 1. The fraction of sp³-hybridized carbons (Fsp3) is 0.500. The highest BCUT2D eigenvalue weighted by Crippen LogP contribution is 2.37. The smallest absolute Gasteiger partial charge is 0.193 e. The third-order valence-corrected chi connectivity index (χ3v) is 3.57. The van der Waals surface area contributed by atoms with Crippen molar-refractivity contribution in [3.8, 4) is 5.75 Å². The molecule has 104 valence electrons. The maximum absolute atomic E-state index is 6.05. The highest BCUT2D eigenvalue weighted by Gasteiger charge is 2.35. The molecule has 0 aliphatic heterocycles. The second-order valence-corrected chi connectivity index (χ2v) is 5.25. The molecule has 0 amide bonds. The summed E-state index contributed by atoms with van der Waals surface area (Å²) in [4.78, 5) is 4.47. The van der Waals surface area contributed by atoms with Crippen molar-refractivity contribution in [1.29, 1.82) is 0 Å². The third kappa shape index (κ3) is 3.77. The lowest BCUT2D eigenvalue weighted by molar-refractivity contribution is 0.415. The second-order valence-electron chi connectivity index (χ2n) is 4.84. The van der Waals surface area contributed by atoms with Gasteiger partial charge >= 0.3 is 0 Å². The monoisotopic (exact) mass is 281 g/mol. The van der Waals surface area contributed by atoms with Crippen LogP contribution in [0, 0.1) is 5.92 Å². The minimum absolute atomic E-state index is 0.390. The summed E-state index contributed by atoms with van der Waals surface area (Å²) in [7, 11) is 1.59. The number of nitrogens with two attached hydrogens (primary N) is 1. The maximum Gasteiger partial charge on any atom is 0.193 e. The first kappa shape index (κ1) is 14.0. The van der Waals surface area contributed by atoms with Gasteiger partial charge in [-0.15, -0.1) is 0 Å². The summed E-state index contributed by atoms with van der Waals surface area (Å²) in [5, 5.41) is 3.61. The Bertz CT molecular complexity index is 476. The van der Waals surface area contributed by atoms with Gasteiger partial charge in [-0.25, -0.2) is 4.99 Å². The molecule has 0 heterocycles. The van der Waals surface area contributed by atoms with E-state index in [9.17, 15) is 0 Å². The number of benzene rings is 1. The molecule has 5 heteroatoms. The molecule has 0 radical (unpaired) electrons. The Hall–Kier alpha value is -1.42. The van der Waals surface area contributed by atoms with Crippen LogP contribution in [-0.4, -0.2) is 19.1 Å². The second kappa shape index (κ2) is 6.15. The summed E-state index contributed by atoms with van der Waals surface area (Å²) < 4.78 is 5.10. The minimum atomic E-state index is 0.390. The maximum atomic E-state index is 6.05. The van der Waals surface area contributed by atoms with Crippen LogP contribution in [0.1, 0.15) is 26.2 Å². The number of hydrogen-bond acceptors (Lipinski definition) is 2. The lowest BCUT2D eigenvalue weighted by atomic mass is 10.2. The summed E-state index contributed by atoms with van der Waals surface area (Å²) >= 11 is 6.05. The average Bonchev–Trinajstić information content (AvgIpc) is 3.07. The number of guanidine groups is 1. The van der Waals surface area contributed by atoms with E-state index in [-0.39, 0.29) is 0 Å². The van der Waals surface area contributed by atoms with Gasteiger partial charge in [0.25, 0.3) is 0 Å². The SMILES string of the molecule is CCCC1CC1N=C(N)Nc1ccc(OC)c(Cl)c1. The van der Waals surface area contributed by atoms with Crippen LogP contribution in [0.5, 0.6) is 5.75 Å². The van der Waals surface area contributed by atoms with Gasteiger partial charge in [0.2, 0.25) is 0 Å². The zero-order valence-corrected chi connectivity index (χ0v) is 12.1. The van der Waals surface area contributed by atoms with Crippen LogP contribution in [0.2, 0.25) is 5.02 Å². The van der Waals surface area contributed by atoms with E-state index >= 15 is 0 Å². The van der Waals surface area contributed by atoms with E-state index in [4.69, 9.17) is 22.1 Å². The van der Waals surface area contributed by atoms with Crippen LogP contribution in [0.25, 0.3) is 0 Å². The fourth-order valence-electron chi connectivity index (χ4n) is 2.17. The molecule has 1 aromatic rings. The Balaban J connectivity index is 1.94. The topological polar surface area (TPSA) is 59.6 Å². The van der Waals surface area contributed by atoms with Crippen LogP contribution in [0.4, 0.5) is 5.69 Å². The summed E-state index contributed by atoms with van der Waals surface area (Å²) in [5.41, 5.74) is 6.71. The molecule has 1 fully saturated rings. The summed E-state index contributed by atoms with van der Waals surface area (Å²) in [6, 6.07) is 5.83. The molecular weight excluding hydrogens is 262 g/mol. The van der Waals surface area contributed by atoms with Gasteiger partial charge in [0.15, 0.2) is 5.96 Å². The van der Waals surface area contributed by atoms with E-state index in [1.807, 2.05) is 6.07 Å². The highest BCUT2D eigenvalue weighted by molar-refractivity contribution is 6.32. The van der Waals surface area contributed by atoms with Crippen molar-refractivity contribution in [2.75, 3.05) is 12.4 Å². The molecule has 2 atom stereocenters. The van der Waals surface area contributed by atoms with Crippen molar-refractivity contribution in [2.24, 2.45) is 16.6 Å². The van der Waals surface area contributed by atoms with Crippen molar-refractivity contribution in [1.82, 2.24) is 0 Å². The van der Waals surface area contributed by atoms with Crippen molar-refractivity contribution in [3.05, 3.63) is 23.2 Å². The van der Waals surface area contributed by atoms with Gasteiger partial charge in [0.05, 0.1) is 18.2 Å². The molecule has 0 bridgehead atoms. The molecule has 0 spiro atoms. The van der Waals surface area contributed by atoms with Gasteiger partial charge in [-0.3, -0.25) is 0 Å². The lowest BCUT2D eigenvalue weighted by Crippen LogP contribution is -2.23. The van der Waals surface area contributed by atoms with Crippen LogP contribution < -0.4 is 15.8 Å². The van der Waals surface area contributed by atoms with E-state index in [0.29, 0.717) is 28.7 Å². The average molecular weight is 282 g/mol. The van der Waals surface area contributed by atoms with Gasteiger partial charge in [-0.2, -0.15) is 0 Å². The Kier molecular flexibility index (Phi) is 4.53. The quantitative estimate of drug-likeness (QED) is 0.643. The summed E-state index contributed by atoms with van der Waals surface area (Å²) in [5.74, 6) is 1.81. The summed E-state index contributed by atoms with van der Waals surface area (Å²) in [6.45, 7) is 2.19.